The largest absolute Gasteiger partial charge is 0.257 e. The highest BCUT2D eigenvalue weighted by molar-refractivity contribution is 6.06. The van der Waals surface area contributed by atoms with Crippen molar-refractivity contribution in [3.8, 4) is 12.3 Å². The van der Waals surface area contributed by atoms with Gasteiger partial charge in [-0.1, -0.05) is 43.5 Å². The predicted molar refractivity (Wildman–Crippen MR) is 99.2 cm³/mol. The maximum Gasteiger partial charge on any atom is 0.130 e. The van der Waals surface area contributed by atoms with Crippen LogP contribution < -0.4 is 0 Å². The molecule has 0 aliphatic rings. The molecule has 0 saturated carbocycles. The summed E-state index contributed by atoms with van der Waals surface area (Å²) in [5.74, 6) is 2.69. The van der Waals surface area contributed by atoms with Gasteiger partial charge in [0, 0.05) is 11.3 Å². The fourth-order valence-corrected chi connectivity index (χ4v) is 2.21. The molecule has 0 aliphatic heterocycles. The maximum atomic E-state index is 14.1. The van der Waals surface area contributed by atoms with Crippen LogP contribution in [0.4, 0.5) is 4.39 Å². The molecule has 0 spiro atoms. The van der Waals surface area contributed by atoms with Crippen molar-refractivity contribution in [1.29, 1.82) is 0 Å². The highest BCUT2D eigenvalue weighted by Gasteiger charge is 2.18. The van der Waals surface area contributed by atoms with Gasteiger partial charge in [0.1, 0.15) is 5.67 Å². The molecule has 0 unspecified atom stereocenters. The molecule has 1 rings (SSSR count). The van der Waals surface area contributed by atoms with Crippen LogP contribution in [-0.4, -0.2) is 5.71 Å². The molecule has 1 aromatic rings. The van der Waals surface area contributed by atoms with E-state index in [1.54, 1.807) is 19.9 Å². The molecule has 0 radical (unpaired) electrons. The zero-order valence-corrected chi connectivity index (χ0v) is 14.8. The van der Waals surface area contributed by atoms with E-state index >= 15 is 0 Å². The van der Waals surface area contributed by atoms with Crippen LogP contribution in [0.25, 0.3) is 6.08 Å². The van der Waals surface area contributed by atoms with Gasteiger partial charge in [-0.2, -0.15) is 0 Å². The molecule has 23 heavy (non-hydrogen) atoms. The lowest BCUT2D eigenvalue weighted by molar-refractivity contribution is 0.221. The molecule has 1 aromatic carbocycles. The Morgan fingerprint density at radius 2 is 2.09 bits per heavy atom. The second-order valence-electron chi connectivity index (χ2n) is 6.03. The third-order valence-corrected chi connectivity index (χ3v) is 3.58. The van der Waals surface area contributed by atoms with Gasteiger partial charge in [0.05, 0.1) is 5.71 Å². The average molecular weight is 311 g/mol. The maximum absolute atomic E-state index is 14.1. The molecule has 0 aromatic heterocycles. The molecule has 0 aliphatic carbocycles. The molecule has 2 heteroatoms. The van der Waals surface area contributed by atoms with E-state index in [1.807, 2.05) is 44.2 Å². The van der Waals surface area contributed by atoms with Crippen molar-refractivity contribution in [2.24, 2.45) is 4.99 Å². The van der Waals surface area contributed by atoms with E-state index in [2.05, 4.69) is 17.8 Å². The minimum atomic E-state index is -1.37. The van der Waals surface area contributed by atoms with E-state index in [0.29, 0.717) is 11.1 Å². The minimum Gasteiger partial charge on any atom is -0.257 e. The van der Waals surface area contributed by atoms with Crippen LogP contribution in [0.1, 0.15) is 58.6 Å². The van der Waals surface area contributed by atoms with Crippen LogP contribution in [-0.2, 0) is 5.67 Å². The monoisotopic (exact) mass is 311 g/mol. The standard InChI is InChI=1S/C21H26FN/c1-7-11-20(9-3)23-16(4)18(8-2)14-17-12-10-13-19(15-17)21(5,6)22/h2,9-10,12-15H,7,11H2,1,3-6H3/b18-14-,20-9-,23-16+. The lowest BCUT2D eigenvalue weighted by atomic mass is 9.97. The number of aliphatic imine (C=N–C) groups is 1. The number of hydrogen-bond donors (Lipinski definition) is 0. The molecule has 0 bridgehead atoms. The van der Waals surface area contributed by atoms with Crippen LogP contribution in [0.15, 0.2) is 46.6 Å². The van der Waals surface area contributed by atoms with Gasteiger partial charge in [0.2, 0.25) is 0 Å². The van der Waals surface area contributed by atoms with Crippen molar-refractivity contribution < 1.29 is 4.39 Å². The Morgan fingerprint density at radius 3 is 2.61 bits per heavy atom. The van der Waals surface area contributed by atoms with Gasteiger partial charge in [0.15, 0.2) is 0 Å². The molecule has 0 heterocycles. The third-order valence-electron chi connectivity index (χ3n) is 3.58. The number of rotatable bonds is 6. The molecule has 0 fully saturated rings. The van der Waals surface area contributed by atoms with Crippen molar-refractivity contribution in [3.05, 3.63) is 52.7 Å². The smallest absolute Gasteiger partial charge is 0.130 e. The fourth-order valence-electron chi connectivity index (χ4n) is 2.21. The van der Waals surface area contributed by atoms with Crippen molar-refractivity contribution in [2.75, 3.05) is 0 Å². The molecule has 122 valence electrons. The van der Waals surface area contributed by atoms with Crippen molar-refractivity contribution in [3.63, 3.8) is 0 Å². The van der Waals surface area contributed by atoms with Gasteiger partial charge in [-0.05, 0) is 57.4 Å². The third kappa shape index (κ3) is 5.87. The highest BCUT2D eigenvalue weighted by Crippen LogP contribution is 2.25. The normalized spacial score (nSPS) is 13.9. The van der Waals surface area contributed by atoms with Crippen LogP contribution >= 0.6 is 0 Å². The van der Waals surface area contributed by atoms with Crippen LogP contribution in [0.2, 0.25) is 0 Å². The van der Waals surface area contributed by atoms with Gasteiger partial charge < -0.3 is 0 Å². The first kappa shape index (κ1) is 18.9. The summed E-state index contributed by atoms with van der Waals surface area (Å²) in [4.78, 5) is 4.62. The number of alkyl halides is 1. The summed E-state index contributed by atoms with van der Waals surface area (Å²) in [5, 5.41) is 0. The Hall–Kier alpha value is -2.14. The average Bonchev–Trinajstić information content (AvgIpc) is 2.51. The van der Waals surface area contributed by atoms with Crippen molar-refractivity contribution in [1.82, 2.24) is 0 Å². The van der Waals surface area contributed by atoms with E-state index in [4.69, 9.17) is 6.42 Å². The van der Waals surface area contributed by atoms with Crippen LogP contribution in [0.3, 0.4) is 0 Å². The van der Waals surface area contributed by atoms with Gasteiger partial charge in [-0.3, -0.25) is 4.99 Å². The van der Waals surface area contributed by atoms with E-state index in [9.17, 15) is 4.39 Å². The molecule has 0 atom stereocenters. The second kappa shape index (κ2) is 8.48. The zero-order valence-electron chi connectivity index (χ0n) is 14.8. The predicted octanol–water partition coefficient (Wildman–Crippen LogP) is 6.07. The fraction of sp³-hybridized carbons (Fsp3) is 0.381. The van der Waals surface area contributed by atoms with Crippen LogP contribution in [0.5, 0.6) is 0 Å². The van der Waals surface area contributed by atoms with Crippen molar-refractivity contribution in [2.45, 2.75) is 53.1 Å². The molecular formula is C21H26FN. The van der Waals surface area contributed by atoms with Gasteiger partial charge >= 0.3 is 0 Å². The summed E-state index contributed by atoms with van der Waals surface area (Å²) in [7, 11) is 0. The second-order valence-corrected chi connectivity index (χ2v) is 6.03. The summed E-state index contributed by atoms with van der Waals surface area (Å²) < 4.78 is 14.1. The first-order valence-electron chi connectivity index (χ1n) is 8.00. The van der Waals surface area contributed by atoms with E-state index in [-0.39, 0.29) is 0 Å². The summed E-state index contributed by atoms with van der Waals surface area (Å²) in [6.45, 7) is 9.11. The van der Waals surface area contributed by atoms with Crippen LogP contribution in [0, 0.1) is 12.3 Å². The van der Waals surface area contributed by atoms with E-state index in [0.717, 1.165) is 29.8 Å². The highest BCUT2D eigenvalue weighted by atomic mass is 19.1. The molecule has 1 nitrogen and oxygen atoms in total. The quantitative estimate of drug-likeness (QED) is 0.446. The van der Waals surface area contributed by atoms with E-state index in [1.165, 1.54) is 0 Å². The lowest BCUT2D eigenvalue weighted by Gasteiger charge is -2.15. The van der Waals surface area contributed by atoms with Crippen molar-refractivity contribution >= 4 is 11.8 Å². The number of nitrogens with zero attached hydrogens (tertiary/aromatic N) is 1. The Morgan fingerprint density at radius 1 is 1.39 bits per heavy atom. The van der Waals surface area contributed by atoms with Gasteiger partial charge in [-0.25, -0.2) is 4.39 Å². The number of halogens is 1. The summed E-state index contributed by atoms with van der Waals surface area (Å²) in [6, 6.07) is 7.38. The topological polar surface area (TPSA) is 12.4 Å². The molecular weight excluding hydrogens is 285 g/mol. The Bertz CT molecular complexity index is 664. The minimum absolute atomic E-state index is 0.636. The Kier molecular flexibility index (Phi) is 6.97. The first-order chi connectivity index (χ1) is 10.8. The summed E-state index contributed by atoms with van der Waals surface area (Å²) in [5.41, 5.74) is 2.70. The first-order valence-corrected chi connectivity index (χ1v) is 8.00. The number of allylic oxidation sites excluding steroid dienone is 3. The molecule has 0 saturated heterocycles. The lowest BCUT2D eigenvalue weighted by Crippen LogP contribution is -2.08. The number of hydrogen-bond acceptors (Lipinski definition) is 1. The Balaban J connectivity index is 3.18. The van der Waals surface area contributed by atoms with Gasteiger partial charge in [-0.15, -0.1) is 6.42 Å². The SMILES string of the molecule is C#CC(=C/c1cccc(C(C)(C)F)c1)/C(C)=N/C(=C\C)CCC. The zero-order chi connectivity index (χ0) is 17.5. The Labute approximate surface area is 140 Å². The molecule has 0 N–H and O–H groups in total. The van der Waals surface area contributed by atoms with Gasteiger partial charge in [0.25, 0.3) is 0 Å². The van der Waals surface area contributed by atoms with E-state index < -0.39 is 5.67 Å². The summed E-state index contributed by atoms with van der Waals surface area (Å²) >= 11 is 0. The summed E-state index contributed by atoms with van der Waals surface area (Å²) in [6.07, 6.45) is 11.5. The molecule has 0 amide bonds. The number of terminal acetylenes is 1. The number of benzene rings is 1.